The minimum atomic E-state index is 0.516. The van der Waals surface area contributed by atoms with E-state index in [9.17, 15) is 0 Å². The van der Waals surface area contributed by atoms with Gasteiger partial charge in [0, 0.05) is 25.7 Å². The van der Waals surface area contributed by atoms with E-state index in [0.717, 1.165) is 41.0 Å². The van der Waals surface area contributed by atoms with Gasteiger partial charge in [0.25, 0.3) is 5.71 Å². The van der Waals surface area contributed by atoms with Crippen LogP contribution in [0.5, 0.6) is 0 Å². The smallest absolute Gasteiger partial charge is 0.251 e. The van der Waals surface area contributed by atoms with Gasteiger partial charge < -0.3 is 19.2 Å². The zero-order valence-electron chi connectivity index (χ0n) is 14.5. The van der Waals surface area contributed by atoms with Crippen LogP contribution in [-0.2, 0) is 7.05 Å². The SMILES string of the molecule is CN(C)CCNc1nc2oc(-c3ccccc3)nc2c2c1ncn2C. The van der Waals surface area contributed by atoms with Crippen LogP contribution in [0.2, 0.25) is 0 Å². The van der Waals surface area contributed by atoms with Gasteiger partial charge in [0.2, 0.25) is 5.89 Å². The van der Waals surface area contributed by atoms with E-state index in [1.807, 2.05) is 56.0 Å². The maximum Gasteiger partial charge on any atom is 0.251 e. The molecule has 3 aromatic heterocycles. The molecule has 0 bridgehead atoms. The van der Waals surface area contributed by atoms with Gasteiger partial charge >= 0.3 is 0 Å². The molecule has 0 fully saturated rings. The Morgan fingerprint density at radius 1 is 1.12 bits per heavy atom. The maximum absolute atomic E-state index is 5.94. The van der Waals surface area contributed by atoms with Crippen LogP contribution >= 0.6 is 0 Å². The van der Waals surface area contributed by atoms with Crippen molar-refractivity contribution in [2.45, 2.75) is 0 Å². The van der Waals surface area contributed by atoms with E-state index in [1.165, 1.54) is 0 Å². The third kappa shape index (κ3) is 2.83. The number of hydrogen-bond acceptors (Lipinski definition) is 6. The van der Waals surface area contributed by atoms with Gasteiger partial charge in [-0.15, -0.1) is 0 Å². The second-order valence-electron chi connectivity index (χ2n) is 6.28. The predicted octanol–water partition coefficient (Wildman–Crippen LogP) is 2.75. The van der Waals surface area contributed by atoms with Crippen molar-refractivity contribution in [1.82, 2.24) is 24.4 Å². The van der Waals surface area contributed by atoms with Gasteiger partial charge in [-0.05, 0) is 26.2 Å². The van der Waals surface area contributed by atoms with E-state index in [-0.39, 0.29) is 0 Å². The summed E-state index contributed by atoms with van der Waals surface area (Å²) in [6.45, 7) is 1.68. The standard InChI is InChI=1S/C18H20N6O/c1-23(2)10-9-19-16-13-15(24(3)11-20-13)14-18(22-16)25-17(21-14)12-7-5-4-6-8-12/h4-8,11H,9-10H2,1-3H3,(H,19,22). The molecule has 3 heterocycles. The fourth-order valence-electron chi connectivity index (χ4n) is 2.80. The Hall–Kier alpha value is -2.93. The third-order valence-corrected chi connectivity index (χ3v) is 4.08. The highest BCUT2D eigenvalue weighted by atomic mass is 16.4. The number of rotatable bonds is 5. The topological polar surface area (TPSA) is 72.0 Å². The van der Waals surface area contributed by atoms with Crippen LogP contribution in [0.4, 0.5) is 5.82 Å². The quantitative estimate of drug-likeness (QED) is 0.604. The molecule has 25 heavy (non-hydrogen) atoms. The molecule has 4 aromatic rings. The first-order valence-corrected chi connectivity index (χ1v) is 8.19. The summed E-state index contributed by atoms with van der Waals surface area (Å²) in [5.74, 6) is 1.29. The van der Waals surface area contributed by atoms with Gasteiger partial charge in [0.15, 0.2) is 11.3 Å². The highest BCUT2D eigenvalue weighted by Gasteiger charge is 2.18. The van der Waals surface area contributed by atoms with E-state index in [2.05, 4.69) is 25.2 Å². The van der Waals surface area contributed by atoms with Gasteiger partial charge in [-0.2, -0.15) is 4.98 Å². The molecule has 7 heteroatoms. The minimum absolute atomic E-state index is 0.516. The number of fused-ring (bicyclic) bond motifs is 3. The number of anilines is 1. The number of oxazole rings is 1. The molecule has 0 radical (unpaired) electrons. The van der Waals surface area contributed by atoms with Crippen molar-refractivity contribution in [1.29, 1.82) is 0 Å². The lowest BCUT2D eigenvalue weighted by atomic mass is 10.2. The number of nitrogens with one attached hydrogen (secondary N) is 1. The number of pyridine rings is 1. The van der Waals surface area contributed by atoms with Crippen molar-refractivity contribution < 1.29 is 4.42 Å². The molecule has 0 amide bonds. The Morgan fingerprint density at radius 2 is 1.92 bits per heavy atom. The normalized spacial score (nSPS) is 11.7. The molecule has 7 nitrogen and oxygen atoms in total. The Kier molecular flexibility index (Phi) is 3.85. The van der Waals surface area contributed by atoms with Gasteiger partial charge in [-0.25, -0.2) is 9.97 Å². The summed E-state index contributed by atoms with van der Waals surface area (Å²) < 4.78 is 7.89. The van der Waals surface area contributed by atoms with Crippen molar-refractivity contribution in [3.05, 3.63) is 36.7 Å². The molecular formula is C18H20N6O. The summed E-state index contributed by atoms with van der Waals surface area (Å²) in [6.07, 6.45) is 1.78. The predicted molar refractivity (Wildman–Crippen MR) is 98.6 cm³/mol. The van der Waals surface area contributed by atoms with Crippen molar-refractivity contribution in [2.24, 2.45) is 7.05 Å². The molecule has 128 valence electrons. The van der Waals surface area contributed by atoms with Crippen LogP contribution in [0, 0.1) is 0 Å². The average molecular weight is 336 g/mol. The first-order valence-electron chi connectivity index (χ1n) is 8.19. The van der Waals surface area contributed by atoms with Gasteiger partial charge in [0.05, 0.1) is 6.33 Å². The fourth-order valence-corrected chi connectivity index (χ4v) is 2.80. The van der Waals surface area contributed by atoms with Crippen LogP contribution < -0.4 is 5.32 Å². The average Bonchev–Trinajstić information content (AvgIpc) is 3.19. The summed E-state index contributed by atoms with van der Waals surface area (Å²) in [7, 11) is 6.03. The van der Waals surface area contributed by atoms with E-state index >= 15 is 0 Å². The number of aromatic nitrogens is 4. The number of nitrogens with zero attached hydrogens (tertiary/aromatic N) is 5. The summed E-state index contributed by atoms with van der Waals surface area (Å²) in [4.78, 5) is 15.9. The van der Waals surface area contributed by atoms with Crippen molar-refractivity contribution in [3.63, 3.8) is 0 Å². The van der Waals surface area contributed by atoms with Gasteiger partial charge in [-0.3, -0.25) is 0 Å². The first kappa shape index (κ1) is 15.6. The molecule has 0 spiro atoms. The van der Waals surface area contributed by atoms with Crippen molar-refractivity contribution >= 4 is 28.1 Å². The summed E-state index contributed by atoms with van der Waals surface area (Å²) in [5, 5.41) is 3.36. The lowest BCUT2D eigenvalue weighted by molar-refractivity contribution is 0.425. The molecule has 4 rings (SSSR count). The van der Waals surface area contributed by atoms with Gasteiger partial charge in [-0.1, -0.05) is 18.2 Å². The first-order chi connectivity index (χ1) is 12.1. The molecule has 0 saturated carbocycles. The van der Waals surface area contributed by atoms with Gasteiger partial charge in [0.1, 0.15) is 11.0 Å². The number of imidazole rings is 1. The van der Waals surface area contributed by atoms with Crippen LogP contribution in [0.15, 0.2) is 41.1 Å². The monoisotopic (exact) mass is 336 g/mol. The van der Waals surface area contributed by atoms with E-state index in [0.29, 0.717) is 11.6 Å². The largest absolute Gasteiger partial charge is 0.418 e. The molecular weight excluding hydrogens is 316 g/mol. The number of aryl methyl sites for hydroxylation is 1. The second kappa shape index (κ2) is 6.18. The summed E-state index contributed by atoms with van der Waals surface area (Å²) in [5.41, 5.74) is 3.90. The van der Waals surface area contributed by atoms with Crippen LogP contribution in [0.3, 0.4) is 0 Å². The highest BCUT2D eigenvalue weighted by molar-refractivity contribution is 6.03. The van der Waals surface area contributed by atoms with E-state index in [1.54, 1.807) is 6.33 Å². The molecule has 1 N–H and O–H groups in total. The molecule has 0 aliphatic rings. The Balaban J connectivity index is 1.84. The Bertz CT molecular complexity index is 1020. The van der Waals surface area contributed by atoms with Crippen LogP contribution in [0.1, 0.15) is 0 Å². The number of hydrogen-bond donors (Lipinski definition) is 1. The molecule has 0 atom stereocenters. The summed E-state index contributed by atoms with van der Waals surface area (Å²) >= 11 is 0. The second-order valence-corrected chi connectivity index (χ2v) is 6.28. The zero-order valence-corrected chi connectivity index (χ0v) is 14.5. The maximum atomic E-state index is 5.94. The lowest BCUT2D eigenvalue weighted by Gasteiger charge is -2.11. The number of benzene rings is 1. The molecule has 0 saturated heterocycles. The van der Waals surface area contributed by atoms with E-state index < -0.39 is 0 Å². The zero-order chi connectivity index (χ0) is 17.4. The van der Waals surface area contributed by atoms with Crippen LogP contribution in [0.25, 0.3) is 33.7 Å². The lowest BCUT2D eigenvalue weighted by Crippen LogP contribution is -2.21. The molecule has 0 unspecified atom stereocenters. The fraction of sp³-hybridized carbons (Fsp3) is 0.278. The Labute approximate surface area is 145 Å². The van der Waals surface area contributed by atoms with E-state index in [4.69, 9.17) is 4.42 Å². The number of likely N-dealkylation sites (N-methyl/N-ethyl adjacent to an activating group) is 1. The summed E-state index contributed by atoms with van der Waals surface area (Å²) in [6, 6.07) is 9.84. The third-order valence-electron chi connectivity index (χ3n) is 4.08. The Morgan fingerprint density at radius 3 is 2.68 bits per heavy atom. The highest BCUT2D eigenvalue weighted by Crippen LogP contribution is 2.31. The van der Waals surface area contributed by atoms with Crippen LogP contribution in [-0.4, -0.2) is 51.6 Å². The van der Waals surface area contributed by atoms with Crippen molar-refractivity contribution in [3.8, 4) is 11.5 Å². The minimum Gasteiger partial charge on any atom is -0.418 e. The molecule has 1 aromatic carbocycles. The van der Waals surface area contributed by atoms with Crippen molar-refractivity contribution in [2.75, 3.05) is 32.5 Å². The molecule has 0 aliphatic carbocycles. The molecule has 0 aliphatic heterocycles.